The van der Waals surface area contributed by atoms with Gasteiger partial charge in [0.05, 0.1) is 5.41 Å². The van der Waals surface area contributed by atoms with E-state index in [-0.39, 0.29) is 17.8 Å². The first kappa shape index (κ1) is 18.0. The molecule has 1 aromatic rings. The van der Waals surface area contributed by atoms with Crippen LogP contribution in [-0.2, 0) is 11.2 Å². The van der Waals surface area contributed by atoms with Gasteiger partial charge in [0.15, 0.2) is 0 Å². The summed E-state index contributed by atoms with van der Waals surface area (Å²) in [6.45, 7) is 7.64. The highest BCUT2D eigenvalue weighted by atomic mass is 35.5. The molecular formula is C17H27ClN2O. The molecule has 1 heterocycles. The molecule has 1 N–H and O–H groups in total. The minimum atomic E-state index is -0.217. The van der Waals surface area contributed by atoms with Crippen molar-refractivity contribution in [2.45, 2.75) is 33.1 Å². The maximum Gasteiger partial charge on any atom is 0.229 e. The molecule has 0 radical (unpaired) electrons. The largest absolute Gasteiger partial charge is 0.342 e. The lowest BCUT2D eigenvalue weighted by Crippen LogP contribution is -2.50. The van der Waals surface area contributed by atoms with Crippen molar-refractivity contribution in [2.24, 2.45) is 5.41 Å². The molecule has 0 bridgehead atoms. The molecule has 0 aliphatic carbocycles. The van der Waals surface area contributed by atoms with Gasteiger partial charge in [-0.25, -0.2) is 0 Å². The number of carbonyl (C=O) groups excluding carboxylic acids is 1. The zero-order valence-electron chi connectivity index (χ0n) is 13.1. The van der Waals surface area contributed by atoms with E-state index >= 15 is 0 Å². The Kier molecular flexibility index (Phi) is 7.20. The normalized spacial score (nSPS) is 21.4. The second-order valence-corrected chi connectivity index (χ2v) is 5.96. The SMILES string of the molecule is CCN(CCc1ccccc1)C(=O)C1(C)CCCNC1.Cl. The lowest BCUT2D eigenvalue weighted by molar-refractivity contribution is -0.142. The summed E-state index contributed by atoms with van der Waals surface area (Å²) < 4.78 is 0. The van der Waals surface area contributed by atoms with Crippen molar-refractivity contribution in [2.75, 3.05) is 26.2 Å². The molecule has 3 nitrogen and oxygen atoms in total. The molecule has 2 rings (SSSR count). The molecule has 21 heavy (non-hydrogen) atoms. The molecule has 1 saturated heterocycles. The number of hydrogen-bond donors (Lipinski definition) is 1. The van der Waals surface area contributed by atoms with Crippen molar-refractivity contribution in [1.82, 2.24) is 10.2 Å². The Bertz CT molecular complexity index is 430. The van der Waals surface area contributed by atoms with Crippen molar-refractivity contribution in [3.05, 3.63) is 35.9 Å². The summed E-state index contributed by atoms with van der Waals surface area (Å²) in [5, 5.41) is 3.36. The first-order chi connectivity index (χ1) is 9.65. The standard InChI is InChI=1S/C17H26N2O.ClH/c1-3-19(13-10-15-8-5-4-6-9-15)16(20)17(2)11-7-12-18-14-17;/h4-6,8-9,18H,3,7,10-14H2,1-2H3;1H. The third-order valence-electron chi connectivity index (χ3n) is 4.30. The summed E-state index contributed by atoms with van der Waals surface area (Å²) in [6, 6.07) is 10.4. The number of nitrogens with zero attached hydrogens (tertiary/aromatic N) is 1. The zero-order chi connectivity index (χ0) is 14.4. The number of likely N-dealkylation sites (N-methyl/N-ethyl adjacent to an activating group) is 1. The summed E-state index contributed by atoms with van der Waals surface area (Å²) in [7, 11) is 0. The van der Waals surface area contributed by atoms with Crippen LogP contribution in [0.15, 0.2) is 30.3 Å². The van der Waals surface area contributed by atoms with Gasteiger partial charge in [-0.2, -0.15) is 0 Å². The van der Waals surface area contributed by atoms with Gasteiger partial charge < -0.3 is 10.2 Å². The number of piperidine rings is 1. The average Bonchev–Trinajstić information content (AvgIpc) is 2.49. The van der Waals surface area contributed by atoms with Crippen LogP contribution in [-0.4, -0.2) is 37.0 Å². The Hall–Kier alpha value is -1.06. The topological polar surface area (TPSA) is 32.3 Å². The van der Waals surface area contributed by atoms with E-state index in [1.807, 2.05) is 11.0 Å². The minimum absolute atomic E-state index is 0. The number of benzene rings is 1. The molecule has 1 fully saturated rings. The Labute approximate surface area is 134 Å². The van der Waals surface area contributed by atoms with Crippen LogP contribution in [0.1, 0.15) is 32.3 Å². The van der Waals surface area contributed by atoms with Crippen LogP contribution in [0.2, 0.25) is 0 Å². The van der Waals surface area contributed by atoms with Crippen molar-refractivity contribution in [3.63, 3.8) is 0 Å². The van der Waals surface area contributed by atoms with E-state index in [9.17, 15) is 4.79 Å². The summed E-state index contributed by atoms with van der Waals surface area (Å²) >= 11 is 0. The smallest absolute Gasteiger partial charge is 0.229 e. The Morgan fingerprint density at radius 3 is 2.62 bits per heavy atom. The van der Waals surface area contributed by atoms with Crippen molar-refractivity contribution >= 4 is 18.3 Å². The van der Waals surface area contributed by atoms with E-state index in [1.54, 1.807) is 0 Å². The van der Waals surface area contributed by atoms with Crippen LogP contribution in [0.3, 0.4) is 0 Å². The summed E-state index contributed by atoms with van der Waals surface area (Å²) in [6.07, 6.45) is 3.03. The molecule has 1 aliphatic rings. The molecule has 118 valence electrons. The molecule has 4 heteroatoms. The van der Waals surface area contributed by atoms with Gasteiger partial charge in [-0.3, -0.25) is 4.79 Å². The van der Waals surface area contributed by atoms with Crippen molar-refractivity contribution in [3.8, 4) is 0 Å². The van der Waals surface area contributed by atoms with Gasteiger partial charge in [-0.15, -0.1) is 12.4 Å². The maximum atomic E-state index is 12.8. The van der Waals surface area contributed by atoms with E-state index in [2.05, 4.69) is 43.4 Å². The van der Waals surface area contributed by atoms with Crippen LogP contribution in [0.25, 0.3) is 0 Å². The van der Waals surface area contributed by atoms with Gasteiger partial charge in [0.1, 0.15) is 0 Å². The Morgan fingerprint density at radius 1 is 1.33 bits per heavy atom. The van der Waals surface area contributed by atoms with Gasteiger partial charge in [-0.1, -0.05) is 30.3 Å². The van der Waals surface area contributed by atoms with Crippen LogP contribution >= 0.6 is 12.4 Å². The number of amides is 1. The number of halogens is 1. The van der Waals surface area contributed by atoms with E-state index in [4.69, 9.17) is 0 Å². The summed E-state index contributed by atoms with van der Waals surface area (Å²) in [5.74, 6) is 0.308. The summed E-state index contributed by atoms with van der Waals surface area (Å²) in [5.41, 5.74) is 1.08. The lowest BCUT2D eigenvalue weighted by Gasteiger charge is -2.37. The van der Waals surface area contributed by atoms with E-state index < -0.39 is 0 Å². The fourth-order valence-corrected chi connectivity index (χ4v) is 2.93. The van der Waals surface area contributed by atoms with Gasteiger partial charge in [0, 0.05) is 19.6 Å². The molecule has 1 aliphatic heterocycles. The monoisotopic (exact) mass is 310 g/mol. The fraction of sp³-hybridized carbons (Fsp3) is 0.588. The van der Waals surface area contributed by atoms with Gasteiger partial charge in [0.25, 0.3) is 0 Å². The van der Waals surface area contributed by atoms with Crippen LogP contribution in [0.5, 0.6) is 0 Å². The fourth-order valence-electron chi connectivity index (χ4n) is 2.93. The second-order valence-electron chi connectivity index (χ2n) is 5.96. The molecule has 1 aromatic carbocycles. The van der Waals surface area contributed by atoms with Gasteiger partial charge >= 0.3 is 0 Å². The highest BCUT2D eigenvalue weighted by Crippen LogP contribution is 2.28. The van der Waals surface area contributed by atoms with Gasteiger partial charge in [-0.05, 0) is 45.2 Å². The second kappa shape index (κ2) is 8.40. The van der Waals surface area contributed by atoms with Crippen molar-refractivity contribution in [1.29, 1.82) is 0 Å². The number of rotatable bonds is 5. The molecule has 0 saturated carbocycles. The third kappa shape index (κ3) is 4.72. The Balaban J connectivity index is 0.00000220. The number of hydrogen-bond acceptors (Lipinski definition) is 2. The predicted molar refractivity (Wildman–Crippen MR) is 89.9 cm³/mol. The molecule has 1 amide bonds. The van der Waals surface area contributed by atoms with Crippen LogP contribution in [0, 0.1) is 5.41 Å². The highest BCUT2D eigenvalue weighted by Gasteiger charge is 2.37. The highest BCUT2D eigenvalue weighted by molar-refractivity contribution is 5.85. The first-order valence-corrected chi connectivity index (χ1v) is 7.70. The Morgan fingerprint density at radius 2 is 2.05 bits per heavy atom. The number of carbonyl (C=O) groups is 1. The molecule has 0 spiro atoms. The average molecular weight is 311 g/mol. The van der Waals surface area contributed by atoms with Crippen LogP contribution < -0.4 is 5.32 Å². The molecule has 1 atom stereocenters. The molecule has 1 unspecified atom stereocenters. The lowest BCUT2D eigenvalue weighted by atomic mass is 9.81. The molecule has 0 aromatic heterocycles. The van der Waals surface area contributed by atoms with Gasteiger partial charge in [0.2, 0.25) is 5.91 Å². The van der Waals surface area contributed by atoms with Crippen molar-refractivity contribution < 1.29 is 4.79 Å². The zero-order valence-corrected chi connectivity index (χ0v) is 13.9. The third-order valence-corrected chi connectivity index (χ3v) is 4.30. The quantitative estimate of drug-likeness (QED) is 0.907. The minimum Gasteiger partial charge on any atom is -0.342 e. The van der Waals surface area contributed by atoms with E-state index in [0.29, 0.717) is 5.91 Å². The predicted octanol–water partition coefficient (Wildman–Crippen LogP) is 2.89. The first-order valence-electron chi connectivity index (χ1n) is 7.70. The van der Waals surface area contributed by atoms with Crippen LogP contribution in [0.4, 0.5) is 0 Å². The maximum absolute atomic E-state index is 12.8. The summed E-state index contributed by atoms with van der Waals surface area (Å²) in [4.78, 5) is 14.8. The number of nitrogens with one attached hydrogen (secondary N) is 1. The molecular weight excluding hydrogens is 284 g/mol. The van der Waals surface area contributed by atoms with E-state index in [1.165, 1.54) is 5.56 Å². The van der Waals surface area contributed by atoms with E-state index in [0.717, 1.165) is 45.4 Å².